The van der Waals surface area contributed by atoms with Crippen molar-refractivity contribution in [2.45, 2.75) is 20.4 Å². The maximum absolute atomic E-state index is 11.3. The molecule has 3 rings (SSSR count). The zero-order valence-electron chi connectivity index (χ0n) is 14.2. The fraction of sp³-hybridized carbons (Fsp3) is 0.158. The van der Waals surface area contributed by atoms with Crippen LogP contribution in [0.1, 0.15) is 28.8 Å². The second kappa shape index (κ2) is 7.53. The van der Waals surface area contributed by atoms with Gasteiger partial charge < -0.3 is 10.6 Å². The number of anilines is 3. The molecular weight excluding hydrogens is 314 g/mol. The minimum absolute atomic E-state index is 0.0467. The van der Waals surface area contributed by atoms with Crippen LogP contribution in [0.4, 0.5) is 17.3 Å². The van der Waals surface area contributed by atoms with Crippen molar-refractivity contribution in [3.05, 3.63) is 71.8 Å². The second-order valence-corrected chi connectivity index (χ2v) is 5.62. The van der Waals surface area contributed by atoms with Gasteiger partial charge in [0.15, 0.2) is 5.78 Å². The molecule has 2 N–H and O–H groups in total. The largest absolute Gasteiger partial charge is 0.364 e. The van der Waals surface area contributed by atoms with Crippen molar-refractivity contribution < 1.29 is 4.79 Å². The Balaban J connectivity index is 1.71. The Morgan fingerprint density at radius 1 is 1.04 bits per heavy atom. The molecule has 6 nitrogen and oxygen atoms in total. The van der Waals surface area contributed by atoms with Crippen molar-refractivity contribution in [2.75, 3.05) is 10.6 Å². The van der Waals surface area contributed by atoms with Crippen LogP contribution >= 0.6 is 0 Å². The summed E-state index contributed by atoms with van der Waals surface area (Å²) in [7, 11) is 0. The normalized spacial score (nSPS) is 10.3. The lowest BCUT2D eigenvalue weighted by Crippen LogP contribution is -2.06. The first-order valence-corrected chi connectivity index (χ1v) is 7.97. The van der Waals surface area contributed by atoms with Crippen LogP contribution < -0.4 is 10.6 Å². The second-order valence-electron chi connectivity index (χ2n) is 5.62. The van der Waals surface area contributed by atoms with Crippen molar-refractivity contribution >= 4 is 23.1 Å². The number of aryl methyl sites for hydroxylation is 1. The number of nitrogens with one attached hydrogen (secondary N) is 2. The number of benzene rings is 1. The van der Waals surface area contributed by atoms with Crippen molar-refractivity contribution in [1.29, 1.82) is 0 Å². The highest BCUT2D eigenvalue weighted by Gasteiger charge is 2.04. The van der Waals surface area contributed by atoms with E-state index >= 15 is 0 Å². The molecule has 0 fully saturated rings. The van der Waals surface area contributed by atoms with E-state index in [1.807, 2.05) is 43.3 Å². The zero-order chi connectivity index (χ0) is 17.6. The van der Waals surface area contributed by atoms with Crippen LogP contribution in [-0.2, 0) is 6.54 Å². The molecule has 0 aliphatic rings. The maximum Gasteiger partial charge on any atom is 0.159 e. The molecular formula is C19H19N5O. The number of aromatic nitrogens is 3. The summed E-state index contributed by atoms with van der Waals surface area (Å²) in [5.74, 6) is 2.12. The lowest BCUT2D eigenvalue weighted by atomic mass is 10.1. The molecule has 0 radical (unpaired) electrons. The van der Waals surface area contributed by atoms with Gasteiger partial charge in [-0.1, -0.05) is 6.07 Å². The summed E-state index contributed by atoms with van der Waals surface area (Å²) in [5.41, 5.74) is 2.48. The molecule has 0 atom stereocenters. The number of Topliss-reactive ketones (excluding diaryl/α,β-unsaturated/α-hetero) is 1. The molecule has 25 heavy (non-hydrogen) atoms. The van der Waals surface area contributed by atoms with E-state index < -0.39 is 0 Å². The molecule has 0 aliphatic heterocycles. The average molecular weight is 333 g/mol. The topological polar surface area (TPSA) is 79.8 Å². The number of carbonyl (C=O) groups is 1. The van der Waals surface area contributed by atoms with Crippen LogP contribution in [0.3, 0.4) is 0 Å². The van der Waals surface area contributed by atoms with Gasteiger partial charge in [-0.25, -0.2) is 9.97 Å². The van der Waals surface area contributed by atoms with Gasteiger partial charge in [-0.2, -0.15) is 0 Å². The van der Waals surface area contributed by atoms with Gasteiger partial charge >= 0.3 is 0 Å². The first-order chi connectivity index (χ1) is 12.1. The van der Waals surface area contributed by atoms with Crippen LogP contribution in [0.25, 0.3) is 0 Å². The number of ketones is 1. The minimum Gasteiger partial charge on any atom is -0.364 e. The van der Waals surface area contributed by atoms with E-state index in [2.05, 4.69) is 25.6 Å². The van der Waals surface area contributed by atoms with Gasteiger partial charge in [-0.3, -0.25) is 9.78 Å². The van der Waals surface area contributed by atoms with Gasteiger partial charge in [0.1, 0.15) is 17.5 Å². The number of pyridine rings is 1. The highest BCUT2D eigenvalue weighted by Crippen LogP contribution is 2.18. The third kappa shape index (κ3) is 4.60. The summed E-state index contributed by atoms with van der Waals surface area (Å²) >= 11 is 0. The van der Waals surface area contributed by atoms with Gasteiger partial charge in [0.2, 0.25) is 0 Å². The number of hydrogen-bond acceptors (Lipinski definition) is 6. The Morgan fingerprint density at radius 2 is 1.80 bits per heavy atom. The monoisotopic (exact) mass is 333 g/mol. The first kappa shape index (κ1) is 16.6. The number of carbonyl (C=O) groups excluding carboxylic acids is 1. The van der Waals surface area contributed by atoms with Crippen molar-refractivity contribution in [1.82, 2.24) is 15.0 Å². The Bertz CT molecular complexity index is 863. The molecule has 0 amide bonds. The summed E-state index contributed by atoms with van der Waals surface area (Å²) in [6, 6.07) is 14.9. The summed E-state index contributed by atoms with van der Waals surface area (Å²) in [5, 5.41) is 6.49. The minimum atomic E-state index is 0.0467. The van der Waals surface area contributed by atoms with Crippen LogP contribution in [0.2, 0.25) is 0 Å². The molecule has 126 valence electrons. The molecule has 0 bridgehead atoms. The van der Waals surface area contributed by atoms with E-state index in [1.165, 1.54) is 0 Å². The van der Waals surface area contributed by atoms with Crippen LogP contribution in [-0.4, -0.2) is 20.7 Å². The molecule has 2 heterocycles. The van der Waals surface area contributed by atoms with Gasteiger partial charge in [-0.15, -0.1) is 0 Å². The van der Waals surface area contributed by atoms with Crippen molar-refractivity contribution in [3.63, 3.8) is 0 Å². The highest BCUT2D eigenvalue weighted by atomic mass is 16.1. The van der Waals surface area contributed by atoms with Crippen LogP contribution in [0.5, 0.6) is 0 Å². The van der Waals surface area contributed by atoms with Gasteiger partial charge in [0.25, 0.3) is 0 Å². The number of hydrogen-bond donors (Lipinski definition) is 2. The Morgan fingerprint density at radius 3 is 2.48 bits per heavy atom. The Hall–Kier alpha value is -3.28. The van der Waals surface area contributed by atoms with Crippen LogP contribution in [0, 0.1) is 6.92 Å². The molecule has 0 saturated heterocycles. The van der Waals surface area contributed by atoms with Gasteiger partial charge in [0, 0.05) is 23.5 Å². The molecule has 3 aromatic rings. The van der Waals surface area contributed by atoms with E-state index in [-0.39, 0.29) is 5.78 Å². The van der Waals surface area contributed by atoms with Crippen molar-refractivity contribution in [3.8, 4) is 0 Å². The third-order valence-electron chi connectivity index (χ3n) is 3.58. The smallest absolute Gasteiger partial charge is 0.159 e. The summed E-state index contributed by atoms with van der Waals surface area (Å²) < 4.78 is 0. The molecule has 0 spiro atoms. The Labute approximate surface area is 146 Å². The van der Waals surface area contributed by atoms with E-state index in [0.717, 1.165) is 17.2 Å². The molecule has 1 aromatic carbocycles. The number of rotatable bonds is 6. The fourth-order valence-corrected chi connectivity index (χ4v) is 2.34. The molecule has 0 aliphatic carbocycles. The zero-order valence-corrected chi connectivity index (χ0v) is 14.2. The van der Waals surface area contributed by atoms with Gasteiger partial charge in [0.05, 0.1) is 12.2 Å². The van der Waals surface area contributed by atoms with Gasteiger partial charge in [-0.05, 0) is 50.2 Å². The molecule has 0 saturated carbocycles. The number of nitrogens with zero attached hydrogens (tertiary/aromatic N) is 3. The predicted octanol–water partition coefficient (Wildman–Crippen LogP) is 3.74. The van der Waals surface area contributed by atoms with Crippen molar-refractivity contribution in [2.24, 2.45) is 0 Å². The summed E-state index contributed by atoms with van der Waals surface area (Å²) in [6.07, 6.45) is 1.76. The standard InChI is InChI=1S/C19H19N5O/c1-13(25)15-6-8-16(9-7-15)24-19-11-18(22-14(2)23-19)21-12-17-5-3-4-10-20-17/h3-11H,12H2,1-2H3,(H2,21,22,23,24). The van der Waals surface area contributed by atoms with Crippen LogP contribution in [0.15, 0.2) is 54.7 Å². The van der Waals surface area contributed by atoms with E-state index in [1.54, 1.807) is 25.3 Å². The molecule has 0 unspecified atom stereocenters. The average Bonchev–Trinajstić information content (AvgIpc) is 2.61. The van der Waals surface area contributed by atoms with E-state index in [0.29, 0.717) is 23.8 Å². The quantitative estimate of drug-likeness (QED) is 0.669. The van der Waals surface area contributed by atoms with E-state index in [9.17, 15) is 4.79 Å². The third-order valence-corrected chi connectivity index (χ3v) is 3.58. The molecule has 6 heteroatoms. The first-order valence-electron chi connectivity index (χ1n) is 7.97. The lowest BCUT2D eigenvalue weighted by molar-refractivity contribution is 0.101. The lowest BCUT2D eigenvalue weighted by Gasteiger charge is -2.10. The van der Waals surface area contributed by atoms with E-state index in [4.69, 9.17) is 0 Å². The Kier molecular flexibility index (Phi) is 4.99. The maximum atomic E-state index is 11.3. The molecule has 2 aromatic heterocycles. The summed E-state index contributed by atoms with van der Waals surface area (Å²) in [4.78, 5) is 24.4. The SMILES string of the molecule is CC(=O)c1ccc(Nc2cc(NCc3ccccn3)nc(C)n2)cc1. The highest BCUT2D eigenvalue weighted by molar-refractivity contribution is 5.94. The summed E-state index contributed by atoms with van der Waals surface area (Å²) in [6.45, 7) is 3.98. The predicted molar refractivity (Wildman–Crippen MR) is 98.1 cm³/mol. The fourth-order valence-electron chi connectivity index (χ4n) is 2.34.